The number of nitrogens with one attached hydrogen (secondary N) is 2. The summed E-state index contributed by atoms with van der Waals surface area (Å²) in [6, 6.07) is 4.62. The molecule has 2 aromatic heterocycles. The minimum absolute atomic E-state index is 0.206. The van der Waals surface area contributed by atoms with Crippen LogP contribution in [-0.2, 0) is 0 Å². The first-order valence-electron chi connectivity index (χ1n) is 10.2. The van der Waals surface area contributed by atoms with E-state index in [-0.39, 0.29) is 16.4 Å². The van der Waals surface area contributed by atoms with E-state index in [1.165, 1.54) is 11.5 Å². The highest BCUT2D eigenvalue weighted by molar-refractivity contribution is 7.12. The van der Waals surface area contributed by atoms with Crippen molar-refractivity contribution in [2.75, 3.05) is 32.1 Å². The number of hydrogen-bond acceptors (Lipinski definition) is 6. The number of hydrogen-bond donors (Lipinski definition) is 2. The fourth-order valence-corrected chi connectivity index (χ4v) is 5.58. The fraction of sp³-hybridized carbons (Fsp3) is 0.524. The Morgan fingerprint density at radius 3 is 2.76 bits per heavy atom. The minimum atomic E-state index is -0.294. The molecule has 1 aliphatic heterocycles. The van der Waals surface area contributed by atoms with E-state index >= 15 is 0 Å². The second-order valence-electron chi connectivity index (χ2n) is 8.23. The molecule has 2 aliphatic rings. The SMILES string of the molecule is CN[C@H](C)C1CCN(c2ccc3c(=O)c4c(=O)[nH]sc4n(C4CC4)c3c2OC)C1. The van der Waals surface area contributed by atoms with E-state index in [1.807, 2.05) is 19.2 Å². The van der Waals surface area contributed by atoms with Crippen LogP contribution in [0.25, 0.3) is 21.1 Å². The minimum Gasteiger partial charge on any atom is -0.492 e. The van der Waals surface area contributed by atoms with Crippen molar-refractivity contribution < 1.29 is 4.74 Å². The quantitative estimate of drug-likeness (QED) is 0.671. The Bertz CT molecular complexity index is 1210. The topological polar surface area (TPSA) is 79.4 Å². The first kappa shape index (κ1) is 18.7. The molecule has 2 atom stereocenters. The van der Waals surface area contributed by atoms with Crippen molar-refractivity contribution in [2.45, 2.75) is 38.3 Å². The molecule has 0 amide bonds. The van der Waals surface area contributed by atoms with E-state index in [9.17, 15) is 9.59 Å². The van der Waals surface area contributed by atoms with Crippen molar-refractivity contribution in [3.05, 3.63) is 32.7 Å². The first-order chi connectivity index (χ1) is 14.0. The second kappa shape index (κ2) is 6.88. The molecular weight excluding hydrogens is 388 g/mol. The van der Waals surface area contributed by atoms with Crippen LogP contribution >= 0.6 is 11.5 Å². The number of H-pyrrole nitrogens is 1. The number of anilines is 1. The summed E-state index contributed by atoms with van der Waals surface area (Å²) < 4.78 is 10.8. The molecule has 1 saturated carbocycles. The Hall–Kier alpha value is -2.32. The maximum absolute atomic E-state index is 13.1. The fourth-order valence-electron chi connectivity index (χ4n) is 4.66. The zero-order valence-electron chi connectivity index (χ0n) is 16.9. The molecule has 2 fully saturated rings. The van der Waals surface area contributed by atoms with Gasteiger partial charge in [0.05, 0.1) is 23.7 Å². The van der Waals surface area contributed by atoms with Gasteiger partial charge in [-0.2, -0.15) is 0 Å². The zero-order chi connectivity index (χ0) is 20.3. The average Bonchev–Trinajstić information content (AvgIpc) is 3.31. The van der Waals surface area contributed by atoms with Crippen LogP contribution in [0.15, 0.2) is 21.7 Å². The number of nitrogens with zero attached hydrogens (tertiary/aromatic N) is 2. The van der Waals surface area contributed by atoms with Gasteiger partial charge in [-0.05, 0) is 62.8 Å². The van der Waals surface area contributed by atoms with Crippen molar-refractivity contribution in [3.8, 4) is 5.75 Å². The highest BCUT2D eigenvalue weighted by atomic mass is 32.1. The summed E-state index contributed by atoms with van der Waals surface area (Å²) in [6.45, 7) is 4.14. The lowest BCUT2D eigenvalue weighted by Crippen LogP contribution is -2.32. The summed E-state index contributed by atoms with van der Waals surface area (Å²) >= 11 is 1.25. The van der Waals surface area contributed by atoms with Gasteiger partial charge in [-0.1, -0.05) is 0 Å². The predicted octanol–water partition coefficient (Wildman–Crippen LogP) is 2.68. The van der Waals surface area contributed by atoms with Gasteiger partial charge in [-0.25, -0.2) is 0 Å². The molecule has 0 radical (unpaired) electrons. The number of fused-ring (bicyclic) bond motifs is 2. The molecule has 3 aromatic rings. The van der Waals surface area contributed by atoms with Gasteiger partial charge < -0.3 is 19.5 Å². The van der Waals surface area contributed by atoms with Crippen LogP contribution in [0.1, 0.15) is 32.2 Å². The van der Waals surface area contributed by atoms with Crippen molar-refractivity contribution in [1.82, 2.24) is 14.3 Å². The molecule has 1 aliphatic carbocycles. The third kappa shape index (κ3) is 2.80. The highest BCUT2D eigenvalue weighted by Crippen LogP contribution is 2.45. The maximum Gasteiger partial charge on any atom is 0.271 e. The number of rotatable bonds is 5. The summed E-state index contributed by atoms with van der Waals surface area (Å²) in [7, 11) is 3.68. The lowest BCUT2D eigenvalue weighted by atomic mass is 10.0. The molecule has 3 heterocycles. The normalized spacial score (nSPS) is 20.7. The summed E-state index contributed by atoms with van der Waals surface area (Å²) in [5.74, 6) is 1.32. The number of aromatic amines is 1. The second-order valence-corrected chi connectivity index (χ2v) is 9.02. The van der Waals surface area contributed by atoms with Gasteiger partial charge in [0.1, 0.15) is 10.2 Å². The van der Waals surface area contributed by atoms with E-state index in [0.717, 1.165) is 54.1 Å². The highest BCUT2D eigenvalue weighted by Gasteiger charge is 2.33. The number of methoxy groups -OCH3 is 1. The number of pyridine rings is 1. The number of benzene rings is 1. The van der Waals surface area contributed by atoms with Gasteiger partial charge in [0, 0.05) is 25.2 Å². The third-order valence-corrected chi connectivity index (χ3v) is 7.45. The summed E-state index contributed by atoms with van der Waals surface area (Å²) in [4.78, 5) is 28.5. The Labute approximate surface area is 172 Å². The molecule has 8 heteroatoms. The molecule has 2 N–H and O–H groups in total. The lowest BCUT2D eigenvalue weighted by Gasteiger charge is -2.25. The number of aromatic nitrogens is 2. The van der Waals surface area contributed by atoms with Crippen LogP contribution in [0.4, 0.5) is 5.69 Å². The van der Waals surface area contributed by atoms with Crippen LogP contribution in [-0.4, -0.2) is 42.2 Å². The molecule has 154 valence electrons. The first-order valence-corrected chi connectivity index (χ1v) is 11.0. The third-order valence-electron chi connectivity index (χ3n) is 6.57. The van der Waals surface area contributed by atoms with E-state index in [2.05, 4.69) is 26.1 Å². The van der Waals surface area contributed by atoms with E-state index in [1.54, 1.807) is 7.11 Å². The van der Waals surface area contributed by atoms with Crippen LogP contribution in [0.5, 0.6) is 5.75 Å². The molecule has 5 rings (SSSR count). The van der Waals surface area contributed by atoms with Crippen molar-refractivity contribution >= 4 is 38.3 Å². The molecule has 29 heavy (non-hydrogen) atoms. The van der Waals surface area contributed by atoms with Gasteiger partial charge in [-0.15, -0.1) is 0 Å². The molecule has 1 unspecified atom stereocenters. The largest absolute Gasteiger partial charge is 0.492 e. The Kier molecular flexibility index (Phi) is 4.43. The van der Waals surface area contributed by atoms with Gasteiger partial charge in [0.25, 0.3) is 5.56 Å². The molecule has 1 saturated heterocycles. The van der Waals surface area contributed by atoms with Gasteiger partial charge >= 0.3 is 0 Å². The summed E-state index contributed by atoms with van der Waals surface area (Å²) in [5, 5.41) is 4.20. The summed E-state index contributed by atoms with van der Waals surface area (Å²) in [5.41, 5.74) is 1.35. The molecule has 7 nitrogen and oxygen atoms in total. The molecule has 0 spiro atoms. The molecule has 1 aromatic carbocycles. The van der Waals surface area contributed by atoms with Crippen LogP contribution in [0, 0.1) is 5.92 Å². The van der Waals surface area contributed by atoms with Gasteiger partial charge in [0.15, 0.2) is 5.75 Å². The van der Waals surface area contributed by atoms with E-state index in [0.29, 0.717) is 23.4 Å². The smallest absolute Gasteiger partial charge is 0.271 e. The Balaban J connectivity index is 1.75. The van der Waals surface area contributed by atoms with Gasteiger partial charge in [-0.3, -0.25) is 14.0 Å². The average molecular weight is 415 g/mol. The zero-order valence-corrected chi connectivity index (χ0v) is 17.8. The van der Waals surface area contributed by atoms with Crippen molar-refractivity contribution in [1.29, 1.82) is 0 Å². The van der Waals surface area contributed by atoms with Crippen LogP contribution < -0.4 is 25.9 Å². The standard InChI is InChI=1S/C21H26N4O3S/c1-11(22-2)12-8-9-24(10-12)15-7-6-14-17(19(15)28-3)25(13-4-5-13)21-16(18(14)26)20(27)23-29-21/h6-7,11-13,22H,4-5,8-10H2,1-3H3,(H,23,27)/t11-,12?/m1/s1. The monoisotopic (exact) mass is 414 g/mol. The van der Waals surface area contributed by atoms with Crippen LogP contribution in [0.2, 0.25) is 0 Å². The van der Waals surface area contributed by atoms with Crippen molar-refractivity contribution in [3.63, 3.8) is 0 Å². The van der Waals surface area contributed by atoms with Gasteiger partial charge in [0.2, 0.25) is 5.43 Å². The van der Waals surface area contributed by atoms with Crippen LogP contribution in [0.3, 0.4) is 0 Å². The van der Waals surface area contributed by atoms with E-state index < -0.39 is 0 Å². The van der Waals surface area contributed by atoms with Crippen molar-refractivity contribution in [2.24, 2.45) is 5.92 Å². The number of ether oxygens (including phenoxy) is 1. The summed E-state index contributed by atoms with van der Waals surface area (Å²) in [6.07, 6.45) is 3.23. The maximum atomic E-state index is 13.1. The lowest BCUT2D eigenvalue weighted by molar-refractivity contribution is 0.415. The Morgan fingerprint density at radius 2 is 2.07 bits per heavy atom. The molecule has 0 bridgehead atoms. The predicted molar refractivity (Wildman–Crippen MR) is 118 cm³/mol. The van der Waals surface area contributed by atoms with E-state index in [4.69, 9.17) is 4.74 Å². The Morgan fingerprint density at radius 1 is 1.28 bits per heavy atom. The molecular formula is C21H26N4O3S.